The molecule has 0 amide bonds. The van der Waals surface area contributed by atoms with Crippen LogP contribution >= 0.6 is 27.5 Å². The van der Waals surface area contributed by atoms with Crippen LogP contribution in [0.4, 0.5) is 10.1 Å². The molecule has 0 aliphatic carbocycles. The van der Waals surface area contributed by atoms with Gasteiger partial charge in [-0.25, -0.2) is 9.18 Å². The summed E-state index contributed by atoms with van der Waals surface area (Å²) in [5, 5.41) is 12.7. The Labute approximate surface area is 186 Å². The standard InChI is InChI=1S/C22H18BrClFNO4/c1-29-20-9-15(11-26-19-8-13(22(27)28)6-7-17(19)24)16(23)10-21(20)30-12-14-4-2-3-5-18(14)25/h2-10,26H,11-12H2,1H3,(H,27,28). The van der Waals surface area contributed by atoms with Gasteiger partial charge in [0.2, 0.25) is 0 Å². The van der Waals surface area contributed by atoms with Crippen LogP contribution in [0.2, 0.25) is 5.02 Å². The number of halogens is 3. The number of hydrogen-bond donors (Lipinski definition) is 2. The van der Waals surface area contributed by atoms with E-state index < -0.39 is 5.97 Å². The molecule has 0 heterocycles. The third kappa shape index (κ3) is 5.23. The Balaban J connectivity index is 1.76. The molecule has 0 atom stereocenters. The van der Waals surface area contributed by atoms with Gasteiger partial charge in [0.15, 0.2) is 11.5 Å². The van der Waals surface area contributed by atoms with E-state index in [9.17, 15) is 9.18 Å². The van der Waals surface area contributed by atoms with Crippen molar-refractivity contribution in [1.82, 2.24) is 0 Å². The fourth-order valence-corrected chi connectivity index (χ4v) is 3.39. The number of aromatic carboxylic acids is 1. The molecule has 0 spiro atoms. The molecule has 0 saturated heterocycles. The molecule has 3 rings (SSSR count). The number of carbonyl (C=O) groups is 1. The van der Waals surface area contributed by atoms with Crippen LogP contribution in [-0.4, -0.2) is 18.2 Å². The van der Waals surface area contributed by atoms with Crippen LogP contribution < -0.4 is 14.8 Å². The molecule has 0 aliphatic heterocycles. The lowest BCUT2D eigenvalue weighted by Crippen LogP contribution is -2.05. The van der Waals surface area contributed by atoms with Gasteiger partial charge in [0.25, 0.3) is 0 Å². The molecule has 3 aromatic rings. The minimum Gasteiger partial charge on any atom is -0.493 e. The quantitative estimate of drug-likeness (QED) is 0.394. The van der Waals surface area contributed by atoms with Crippen molar-refractivity contribution in [3.63, 3.8) is 0 Å². The highest BCUT2D eigenvalue weighted by Gasteiger charge is 2.13. The van der Waals surface area contributed by atoms with Crippen molar-refractivity contribution in [2.24, 2.45) is 0 Å². The summed E-state index contributed by atoms with van der Waals surface area (Å²) in [7, 11) is 1.52. The van der Waals surface area contributed by atoms with Crippen LogP contribution in [0.15, 0.2) is 59.1 Å². The summed E-state index contributed by atoms with van der Waals surface area (Å²) >= 11 is 9.66. The summed E-state index contributed by atoms with van der Waals surface area (Å²) in [5.74, 6) is -0.426. The average Bonchev–Trinajstić information content (AvgIpc) is 2.73. The minimum absolute atomic E-state index is 0.0602. The maximum absolute atomic E-state index is 13.8. The minimum atomic E-state index is -1.03. The molecular formula is C22H18BrClFNO4. The Kier molecular flexibility index (Phi) is 7.18. The van der Waals surface area contributed by atoms with Gasteiger partial charge >= 0.3 is 5.97 Å². The van der Waals surface area contributed by atoms with Crippen LogP contribution in [-0.2, 0) is 13.2 Å². The zero-order valence-electron chi connectivity index (χ0n) is 15.9. The van der Waals surface area contributed by atoms with Crippen molar-refractivity contribution in [1.29, 1.82) is 0 Å². The molecule has 0 aliphatic rings. The molecule has 156 valence electrons. The molecule has 0 bridgehead atoms. The second-order valence-corrected chi connectivity index (χ2v) is 7.59. The van der Waals surface area contributed by atoms with Crippen molar-refractivity contribution >= 4 is 39.2 Å². The van der Waals surface area contributed by atoms with E-state index in [1.165, 1.54) is 31.4 Å². The third-order valence-corrected chi connectivity index (χ3v) is 5.42. The van der Waals surface area contributed by atoms with E-state index in [2.05, 4.69) is 21.2 Å². The van der Waals surface area contributed by atoms with Crippen LogP contribution in [0.25, 0.3) is 0 Å². The van der Waals surface area contributed by atoms with Crippen molar-refractivity contribution < 1.29 is 23.8 Å². The Hall–Kier alpha value is -2.77. The SMILES string of the molecule is COc1cc(CNc2cc(C(=O)O)ccc2Cl)c(Br)cc1OCc1ccccc1F. The number of carboxylic acids is 1. The fraction of sp³-hybridized carbons (Fsp3) is 0.136. The number of rotatable bonds is 8. The number of ether oxygens (including phenoxy) is 2. The molecule has 8 heteroatoms. The monoisotopic (exact) mass is 493 g/mol. The first-order chi connectivity index (χ1) is 14.4. The number of benzene rings is 3. The van der Waals surface area contributed by atoms with Gasteiger partial charge in [0, 0.05) is 16.6 Å². The largest absolute Gasteiger partial charge is 0.493 e. The summed E-state index contributed by atoms with van der Waals surface area (Å²) in [4.78, 5) is 11.2. The lowest BCUT2D eigenvalue weighted by atomic mass is 10.1. The molecule has 2 N–H and O–H groups in total. The first-order valence-electron chi connectivity index (χ1n) is 8.88. The second-order valence-electron chi connectivity index (χ2n) is 6.33. The summed E-state index contributed by atoms with van der Waals surface area (Å²) in [6.45, 7) is 0.415. The van der Waals surface area contributed by atoms with Crippen molar-refractivity contribution in [3.8, 4) is 11.5 Å². The van der Waals surface area contributed by atoms with E-state index in [4.69, 9.17) is 26.2 Å². The van der Waals surface area contributed by atoms with Gasteiger partial charge in [0.05, 0.1) is 23.4 Å². The van der Waals surface area contributed by atoms with Crippen molar-refractivity contribution in [2.45, 2.75) is 13.2 Å². The van der Waals surface area contributed by atoms with Gasteiger partial charge in [-0.3, -0.25) is 0 Å². The van der Waals surface area contributed by atoms with E-state index in [0.717, 1.165) is 10.0 Å². The first-order valence-corrected chi connectivity index (χ1v) is 10.1. The number of nitrogens with one attached hydrogen (secondary N) is 1. The smallest absolute Gasteiger partial charge is 0.335 e. The number of hydrogen-bond acceptors (Lipinski definition) is 4. The summed E-state index contributed by atoms with van der Waals surface area (Å²) in [6, 6.07) is 14.4. The average molecular weight is 495 g/mol. The fourth-order valence-electron chi connectivity index (χ4n) is 2.74. The van der Waals surface area contributed by atoms with Crippen LogP contribution in [0.1, 0.15) is 21.5 Å². The van der Waals surface area contributed by atoms with Gasteiger partial charge < -0.3 is 19.9 Å². The maximum Gasteiger partial charge on any atom is 0.335 e. The zero-order valence-corrected chi connectivity index (χ0v) is 18.3. The molecule has 3 aromatic carbocycles. The Morgan fingerprint density at radius 1 is 1.13 bits per heavy atom. The third-order valence-electron chi connectivity index (χ3n) is 4.36. The molecule has 0 radical (unpaired) electrons. The first kappa shape index (κ1) is 21.9. The van der Waals surface area contributed by atoms with Crippen LogP contribution in [0, 0.1) is 5.82 Å². The summed E-state index contributed by atoms with van der Waals surface area (Å²) < 4.78 is 25.7. The molecule has 0 fully saturated rings. The normalized spacial score (nSPS) is 10.5. The van der Waals surface area contributed by atoms with Gasteiger partial charge in [0.1, 0.15) is 12.4 Å². The van der Waals surface area contributed by atoms with E-state index in [1.54, 1.807) is 30.3 Å². The molecular weight excluding hydrogens is 477 g/mol. The topological polar surface area (TPSA) is 67.8 Å². The Morgan fingerprint density at radius 3 is 2.60 bits per heavy atom. The van der Waals surface area contributed by atoms with E-state index in [0.29, 0.717) is 34.3 Å². The summed E-state index contributed by atoms with van der Waals surface area (Å²) in [6.07, 6.45) is 0. The Morgan fingerprint density at radius 2 is 1.90 bits per heavy atom. The molecule has 5 nitrogen and oxygen atoms in total. The molecule has 0 unspecified atom stereocenters. The molecule has 0 aromatic heterocycles. The Bertz CT molecular complexity index is 1080. The highest BCUT2D eigenvalue weighted by atomic mass is 79.9. The van der Waals surface area contributed by atoms with Gasteiger partial charge in [-0.05, 0) is 42.0 Å². The predicted octanol–water partition coefficient (Wildman–Crippen LogP) is 6.14. The molecule has 30 heavy (non-hydrogen) atoms. The lowest BCUT2D eigenvalue weighted by Gasteiger charge is -2.15. The molecule has 0 saturated carbocycles. The maximum atomic E-state index is 13.8. The highest BCUT2D eigenvalue weighted by molar-refractivity contribution is 9.10. The van der Waals surface area contributed by atoms with Crippen LogP contribution in [0.5, 0.6) is 11.5 Å². The number of carboxylic acid groups (broad SMARTS) is 1. The van der Waals surface area contributed by atoms with Gasteiger partial charge in [-0.1, -0.05) is 45.7 Å². The van der Waals surface area contributed by atoms with E-state index in [1.807, 2.05) is 0 Å². The highest BCUT2D eigenvalue weighted by Crippen LogP contribution is 2.35. The van der Waals surface area contributed by atoms with E-state index >= 15 is 0 Å². The van der Waals surface area contributed by atoms with Gasteiger partial charge in [-0.15, -0.1) is 0 Å². The van der Waals surface area contributed by atoms with Crippen LogP contribution in [0.3, 0.4) is 0 Å². The van der Waals surface area contributed by atoms with Crippen molar-refractivity contribution in [3.05, 3.63) is 86.6 Å². The van der Waals surface area contributed by atoms with E-state index in [-0.39, 0.29) is 18.0 Å². The predicted molar refractivity (Wildman–Crippen MR) is 117 cm³/mol. The second kappa shape index (κ2) is 9.82. The van der Waals surface area contributed by atoms with Crippen molar-refractivity contribution in [2.75, 3.05) is 12.4 Å². The summed E-state index contributed by atoms with van der Waals surface area (Å²) in [5.41, 5.74) is 1.91. The number of methoxy groups -OCH3 is 1. The lowest BCUT2D eigenvalue weighted by molar-refractivity contribution is 0.0697. The zero-order chi connectivity index (χ0) is 21.7. The van der Waals surface area contributed by atoms with Gasteiger partial charge in [-0.2, -0.15) is 0 Å². The number of anilines is 1.